The quantitative estimate of drug-likeness (QED) is 0.429. The van der Waals surface area contributed by atoms with E-state index in [1.54, 1.807) is 0 Å². The van der Waals surface area contributed by atoms with Gasteiger partial charge in [0.15, 0.2) is 5.96 Å². The number of guanidine groups is 1. The highest BCUT2D eigenvalue weighted by Crippen LogP contribution is 2.21. The van der Waals surface area contributed by atoms with Gasteiger partial charge in [-0.2, -0.15) is 13.2 Å². The summed E-state index contributed by atoms with van der Waals surface area (Å²) in [7, 11) is 0. The average molecular weight is 442 g/mol. The standard InChI is InChI=1S/C15H21F3N4.HI/c1-10-3-4-12(7-11(10)2)20-14(19)21-13-5-6-22(8-13)9-15(16,17)18;/h3-4,7,13H,5-6,8-9H2,1-2H3,(H3,19,20,21);1H. The molecule has 1 fully saturated rings. The Morgan fingerprint density at radius 2 is 2.04 bits per heavy atom. The van der Waals surface area contributed by atoms with Gasteiger partial charge in [0, 0.05) is 18.8 Å². The van der Waals surface area contributed by atoms with E-state index < -0.39 is 12.7 Å². The first-order valence-electron chi connectivity index (χ1n) is 7.19. The van der Waals surface area contributed by atoms with Crippen molar-refractivity contribution in [3.63, 3.8) is 0 Å². The van der Waals surface area contributed by atoms with Crippen LogP contribution < -0.4 is 11.1 Å². The lowest BCUT2D eigenvalue weighted by Crippen LogP contribution is -2.33. The Morgan fingerprint density at radius 3 is 2.65 bits per heavy atom. The van der Waals surface area contributed by atoms with Crippen molar-refractivity contribution in [3.05, 3.63) is 29.3 Å². The summed E-state index contributed by atoms with van der Waals surface area (Å²) in [6.07, 6.45) is -3.58. The van der Waals surface area contributed by atoms with Crippen LogP contribution in [-0.4, -0.2) is 42.7 Å². The van der Waals surface area contributed by atoms with Crippen LogP contribution in [0.2, 0.25) is 0 Å². The predicted octanol–water partition coefficient (Wildman–Crippen LogP) is 3.28. The molecule has 1 aliphatic rings. The third-order valence-electron chi connectivity index (χ3n) is 3.75. The largest absolute Gasteiger partial charge is 0.401 e. The molecule has 1 aliphatic heterocycles. The molecule has 0 saturated carbocycles. The van der Waals surface area contributed by atoms with Crippen LogP contribution in [0.3, 0.4) is 0 Å². The fourth-order valence-electron chi connectivity index (χ4n) is 2.51. The number of likely N-dealkylation sites (tertiary alicyclic amines) is 1. The van der Waals surface area contributed by atoms with Crippen molar-refractivity contribution in [1.82, 2.24) is 4.90 Å². The number of alkyl halides is 3. The molecule has 1 aromatic carbocycles. The van der Waals surface area contributed by atoms with Gasteiger partial charge in [-0.3, -0.25) is 4.90 Å². The summed E-state index contributed by atoms with van der Waals surface area (Å²) in [4.78, 5) is 5.64. The molecule has 3 N–H and O–H groups in total. The molecule has 0 aromatic heterocycles. The molecule has 130 valence electrons. The maximum absolute atomic E-state index is 12.3. The molecule has 0 bridgehead atoms. The van der Waals surface area contributed by atoms with Gasteiger partial charge in [-0.25, -0.2) is 4.99 Å². The first-order valence-corrected chi connectivity index (χ1v) is 7.19. The second-order valence-corrected chi connectivity index (χ2v) is 5.73. The molecule has 2 rings (SSSR count). The summed E-state index contributed by atoms with van der Waals surface area (Å²) in [6, 6.07) is 5.64. The van der Waals surface area contributed by atoms with Gasteiger partial charge in [-0.15, -0.1) is 24.0 Å². The first-order chi connectivity index (χ1) is 10.2. The summed E-state index contributed by atoms with van der Waals surface area (Å²) in [5.41, 5.74) is 8.99. The average Bonchev–Trinajstić information content (AvgIpc) is 2.78. The van der Waals surface area contributed by atoms with E-state index in [4.69, 9.17) is 5.73 Å². The molecule has 4 nitrogen and oxygen atoms in total. The molecule has 1 unspecified atom stereocenters. The predicted molar refractivity (Wildman–Crippen MR) is 97.5 cm³/mol. The lowest BCUT2D eigenvalue weighted by atomic mass is 10.1. The van der Waals surface area contributed by atoms with Crippen molar-refractivity contribution in [3.8, 4) is 0 Å². The summed E-state index contributed by atoms with van der Waals surface area (Å²) >= 11 is 0. The van der Waals surface area contributed by atoms with E-state index in [-0.39, 0.29) is 42.5 Å². The number of hydrogen-bond donors (Lipinski definition) is 2. The molecule has 0 spiro atoms. The van der Waals surface area contributed by atoms with E-state index in [1.807, 2.05) is 32.0 Å². The fourth-order valence-corrected chi connectivity index (χ4v) is 2.51. The van der Waals surface area contributed by atoms with E-state index in [1.165, 1.54) is 10.5 Å². The van der Waals surface area contributed by atoms with Gasteiger partial charge in [-0.1, -0.05) is 6.07 Å². The van der Waals surface area contributed by atoms with Crippen LogP contribution in [0.5, 0.6) is 0 Å². The van der Waals surface area contributed by atoms with E-state index in [2.05, 4.69) is 10.3 Å². The zero-order chi connectivity index (χ0) is 16.3. The van der Waals surface area contributed by atoms with Crippen LogP contribution in [0.1, 0.15) is 17.5 Å². The minimum atomic E-state index is -4.16. The number of benzene rings is 1. The second-order valence-electron chi connectivity index (χ2n) is 5.73. The number of nitrogens with one attached hydrogen (secondary N) is 1. The van der Waals surface area contributed by atoms with Gasteiger partial charge in [0.05, 0.1) is 12.6 Å². The molecule has 1 heterocycles. The van der Waals surface area contributed by atoms with Gasteiger partial charge >= 0.3 is 6.18 Å². The van der Waals surface area contributed by atoms with E-state index in [0.29, 0.717) is 13.0 Å². The zero-order valence-corrected chi connectivity index (χ0v) is 15.5. The number of nitrogens with two attached hydrogens (primary N) is 1. The monoisotopic (exact) mass is 442 g/mol. The topological polar surface area (TPSA) is 53.6 Å². The van der Waals surface area contributed by atoms with Gasteiger partial charge in [0.1, 0.15) is 0 Å². The van der Waals surface area contributed by atoms with Crippen LogP contribution in [0.15, 0.2) is 23.2 Å². The minimum absolute atomic E-state index is 0. The number of nitrogens with zero attached hydrogens (tertiary/aromatic N) is 2. The van der Waals surface area contributed by atoms with E-state index in [0.717, 1.165) is 11.3 Å². The molecule has 0 amide bonds. The highest BCUT2D eigenvalue weighted by atomic mass is 127. The molecule has 0 radical (unpaired) electrons. The number of hydrogen-bond acceptors (Lipinski definition) is 2. The molecule has 1 atom stereocenters. The van der Waals surface area contributed by atoms with Crippen LogP contribution in [0, 0.1) is 13.8 Å². The maximum atomic E-state index is 12.3. The Hall–Kier alpha value is -1.03. The van der Waals surface area contributed by atoms with Gasteiger partial charge < -0.3 is 11.1 Å². The number of anilines is 1. The lowest BCUT2D eigenvalue weighted by molar-refractivity contribution is -0.143. The SMILES string of the molecule is Cc1ccc(NC(N)=NC2CCN(CC(F)(F)F)C2)cc1C.I. The first kappa shape index (κ1) is 20.0. The number of halogens is 4. The third-order valence-corrected chi connectivity index (χ3v) is 3.75. The van der Waals surface area contributed by atoms with Gasteiger partial charge in [-0.05, 0) is 43.5 Å². The van der Waals surface area contributed by atoms with Gasteiger partial charge in [0.2, 0.25) is 0 Å². The van der Waals surface area contributed by atoms with Crippen molar-refractivity contribution in [2.75, 3.05) is 25.0 Å². The normalized spacial score (nSPS) is 19.5. The van der Waals surface area contributed by atoms with Crippen molar-refractivity contribution in [2.24, 2.45) is 10.7 Å². The van der Waals surface area contributed by atoms with Crippen molar-refractivity contribution < 1.29 is 13.2 Å². The highest BCUT2D eigenvalue weighted by Gasteiger charge is 2.34. The molecule has 23 heavy (non-hydrogen) atoms. The summed E-state index contributed by atoms with van der Waals surface area (Å²) in [5.74, 6) is 0.238. The molecule has 8 heteroatoms. The second kappa shape index (κ2) is 8.18. The zero-order valence-electron chi connectivity index (χ0n) is 13.2. The Kier molecular flexibility index (Phi) is 7.12. The van der Waals surface area contributed by atoms with Crippen molar-refractivity contribution in [1.29, 1.82) is 0 Å². The van der Waals surface area contributed by atoms with Crippen LogP contribution in [0.25, 0.3) is 0 Å². The van der Waals surface area contributed by atoms with Crippen LogP contribution >= 0.6 is 24.0 Å². The number of rotatable bonds is 3. The Balaban J connectivity index is 0.00000264. The van der Waals surface area contributed by atoms with Crippen molar-refractivity contribution in [2.45, 2.75) is 32.5 Å². The van der Waals surface area contributed by atoms with E-state index >= 15 is 0 Å². The Morgan fingerprint density at radius 1 is 1.35 bits per heavy atom. The lowest BCUT2D eigenvalue weighted by Gasteiger charge is -2.17. The van der Waals surface area contributed by atoms with E-state index in [9.17, 15) is 13.2 Å². The minimum Gasteiger partial charge on any atom is -0.370 e. The van der Waals surface area contributed by atoms with Crippen LogP contribution in [-0.2, 0) is 0 Å². The summed E-state index contributed by atoms with van der Waals surface area (Å²) in [5, 5.41) is 2.99. The highest BCUT2D eigenvalue weighted by molar-refractivity contribution is 14.0. The Labute approximate surface area is 151 Å². The van der Waals surface area contributed by atoms with Crippen LogP contribution in [0.4, 0.5) is 18.9 Å². The molecular formula is C15H22F3IN4. The number of aryl methyl sites for hydroxylation is 2. The van der Waals surface area contributed by atoms with Crippen molar-refractivity contribution >= 4 is 35.6 Å². The van der Waals surface area contributed by atoms with Gasteiger partial charge in [0.25, 0.3) is 0 Å². The maximum Gasteiger partial charge on any atom is 0.401 e. The third kappa shape index (κ3) is 6.54. The summed E-state index contributed by atoms with van der Waals surface area (Å²) < 4.78 is 37.0. The smallest absolute Gasteiger partial charge is 0.370 e. The molecule has 1 saturated heterocycles. The fraction of sp³-hybridized carbons (Fsp3) is 0.533. The molecular weight excluding hydrogens is 420 g/mol. The number of aliphatic imine (C=N–C) groups is 1. The molecule has 0 aliphatic carbocycles. The summed E-state index contributed by atoms with van der Waals surface area (Å²) in [6.45, 7) is 3.81. The molecule has 1 aromatic rings. The Bertz CT molecular complexity index is 560.